The molecule has 4 heterocycles. The average Bonchev–Trinajstić information content (AvgIpc) is 3.31. The standard InChI is InChI=1S/C30H37N5O2/c1-20-31-27-10-6-7-11-28(27)35(20)25-18-23-12-13-24(19-25)34(23)16-14-26(22-8-4-3-5-9-22)32-30(37)29-15-17-33(29)21(2)36/h3-11,23-26,29H,12-19H2,1-2H3,(H,32,37)/t23-,24+,25+,26-,29?/m0/s1. The van der Waals surface area contributed by atoms with E-state index in [1.54, 1.807) is 11.8 Å². The van der Waals surface area contributed by atoms with Crippen LogP contribution in [-0.2, 0) is 9.59 Å². The lowest BCUT2D eigenvalue weighted by Gasteiger charge is -2.41. The Balaban J connectivity index is 1.14. The van der Waals surface area contributed by atoms with Gasteiger partial charge in [-0.3, -0.25) is 14.5 Å². The Bertz CT molecular complexity index is 1270. The lowest BCUT2D eigenvalue weighted by Crippen LogP contribution is -2.58. The van der Waals surface area contributed by atoms with Crippen molar-refractivity contribution in [2.45, 2.75) is 82.6 Å². The van der Waals surface area contributed by atoms with E-state index >= 15 is 0 Å². The Kier molecular flexibility index (Phi) is 6.49. The maximum atomic E-state index is 13.1. The molecule has 37 heavy (non-hydrogen) atoms. The van der Waals surface area contributed by atoms with Crippen molar-refractivity contribution in [1.82, 2.24) is 24.7 Å². The van der Waals surface area contributed by atoms with Gasteiger partial charge in [-0.15, -0.1) is 0 Å². The van der Waals surface area contributed by atoms with Crippen molar-refractivity contribution < 1.29 is 9.59 Å². The molecule has 2 bridgehead atoms. The molecule has 1 unspecified atom stereocenters. The van der Waals surface area contributed by atoms with Crippen LogP contribution >= 0.6 is 0 Å². The number of nitrogens with one attached hydrogen (secondary N) is 1. The third kappa shape index (κ3) is 4.54. The lowest BCUT2D eigenvalue weighted by atomic mass is 9.95. The van der Waals surface area contributed by atoms with Crippen LogP contribution in [0, 0.1) is 6.92 Å². The van der Waals surface area contributed by atoms with E-state index in [-0.39, 0.29) is 23.9 Å². The fourth-order valence-electron chi connectivity index (χ4n) is 7.04. The smallest absolute Gasteiger partial charge is 0.243 e. The molecule has 7 heteroatoms. The van der Waals surface area contributed by atoms with Gasteiger partial charge in [0.15, 0.2) is 0 Å². The number of carbonyl (C=O) groups excluding carboxylic acids is 2. The number of nitrogens with zero attached hydrogens (tertiary/aromatic N) is 4. The van der Waals surface area contributed by atoms with Gasteiger partial charge in [-0.2, -0.15) is 0 Å². The summed E-state index contributed by atoms with van der Waals surface area (Å²) in [4.78, 5) is 34.2. The molecule has 3 saturated heterocycles. The summed E-state index contributed by atoms with van der Waals surface area (Å²) in [6.07, 6.45) is 6.39. The molecule has 1 N–H and O–H groups in total. The summed E-state index contributed by atoms with van der Waals surface area (Å²) in [5.74, 6) is 1.06. The van der Waals surface area contributed by atoms with E-state index in [9.17, 15) is 9.59 Å². The number of imidazole rings is 1. The molecule has 194 valence electrons. The molecule has 2 aromatic carbocycles. The number of piperidine rings is 1. The Morgan fingerprint density at radius 3 is 2.35 bits per heavy atom. The van der Waals surface area contributed by atoms with E-state index in [0.717, 1.165) is 49.1 Å². The summed E-state index contributed by atoms with van der Waals surface area (Å²) in [5.41, 5.74) is 3.47. The number of hydrogen-bond acceptors (Lipinski definition) is 4. The average molecular weight is 500 g/mol. The van der Waals surface area contributed by atoms with Crippen molar-refractivity contribution in [3.05, 3.63) is 66.0 Å². The van der Waals surface area contributed by atoms with Crippen LogP contribution in [-0.4, -0.2) is 62.4 Å². The second kappa shape index (κ2) is 9.93. The number of benzene rings is 2. The zero-order chi connectivity index (χ0) is 25.5. The maximum absolute atomic E-state index is 13.1. The molecule has 2 amide bonds. The van der Waals surface area contributed by atoms with Gasteiger partial charge in [0.2, 0.25) is 11.8 Å². The van der Waals surface area contributed by atoms with Crippen molar-refractivity contribution >= 4 is 22.8 Å². The van der Waals surface area contributed by atoms with Crippen molar-refractivity contribution in [3.63, 3.8) is 0 Å². The van der Waals surface area contributed by atoms with E-state index in [2.05, 4.69) is 58.1 Å². The first-order valence-corrected chi connectivity index (χ1v) is 13.8. The highest BCUT2D eigenvalue weighted by molar-refractivity contribution is 5.88. The zero-order valence-corrected chi connectivity index (χ0v) is 21.8. The maximum Gasteiger partial charge on any atom is 0.243 e. The Morgan fingerprint density at radius 2 is 1.68 bits per heavy atom. The van der Waals surface area contributed by atoms with Gasteiger partial charge in [0, 0.05) is 38.1 Å². The van der Waals surface area contributed by atoms with Gasteiger partial charge >= 0.3 is 0 Å². The number of amides is 2. The molecule has 0 saturated carbocycles. The third-order valence-electron chi connectivity index (χ3n) is 8.92. The number of carbonyl (C=O) groups is 2. The predicted molar refractivity (Wildman–Crippen MR) is 144 cm³/mol. The van der Waals surface area contributed by atoms with Crippen LogP contribution in [0.4, 0.5) is 0 Å². The van der Waals surface area contributed by atoms with Crippen LogP contribution in [0.15, 0.2) is 54.6 Å². The van der Waals surface area contributed by atoms with E-state index in [4.69, 9.17) is 4.98 Å². The van der Waals surface area contributed by atoms with Gasteiger partial charge in [-0.05, 0) is 63.1 Å². The summed E-state index contributed by atoms with van der Waals surface area (Å²) in [7, 11) is 0. The van der Waals surface area contributed by atoms with Crippen LogP contribution in [0.25, 0.3) is 11.0 Å². The highest BCUT2D eigenvalue weighted by Gasteiger charge is 2.42. The first kappa shape index (κ1) is 24.2. The van der Waals surface area contributed by atoms with Crippen LogP contribution in [0.5, 0.6) is 0 Å². The predicted octanol–water partition coefficient (Wildman–Crippen LogP) is 4.38. The molecule has 0 radical (unpaired) electrons. The SMILES string of the molecule is CC(=O)N1CCC1C(=O)N[C@@H](CCN1[C@@H]2CC[C@H]1C[C@@H](n1c(C)nc3ccccc31)C2)c1ccccc1. The molecule has 3 fully saturated rings. The summed E-state index contributed by atoms with van der Waals surface area (Å²) in [5, 5.41) is 3.30. The zero-order valence-electron chi connectivity index (χ0n) is 21.8. The number of aryl methyl sites for hydroxylation is 1. The molecular weight excluding hydrogens is 462 g/mol. The summed E-state index contributed by atoms with van der Waals surface area (Å²) in [6.45, 7) is 5.32. The number of aromatic nitrogens is 2. The number of hydrogen-bond donors (Lipinski definition) is 1. The minimum atomic E-state index is -0.330. The number of rotatable bonds is 7. The van der Waals surface area contributed by atoms with E-state index < -0.39 is 0 Å². The Hall–Kier alpha value is -3.19. The van der Waals surface area contributed by atoms with Crippen LogP contribution in [0.1, 0.15) is 68.9 Å². The van der Waals surface area contributed by atoms with Crippen LogP contribution < -0.4 is 5.32 Å². The van der Waals surface area contributed by atoms with Gasteiger partial charge in [-0.25, -0.2) is 4.98 Å². The van der Waals surface area contributed by atoms with Crippen LogP contribution in [0.2, 0.25) is 0 Å². The molecule has 3 aliphatic heterocycles. The lowest BCUT2D eigenvalue weighted by molar-refractivity contribution is -0.146. The van der Waals surface area contributed by atoms with Crippen molar-refractivity contribution in [1.29, 1.82) is 0 Å². The fourth-order valence-corrected chi connectivity index (χ4v) is 7.04. The fraction of sp³-hybridized carbons (Fsp3) is 0.500. The van der Waals surface area contributed by atoms with E-state index in [0.29, 0.717) is 24.7 Å². The van der Waals surface area contributed by atoms with Gasteiger partial charge < -0.3 is 14.8 Å². The van der Waals surface area contributed by atoms with Crippen LogP contribution in [0.3, 0.4) is 0 Å². The summed E-state index contributed by atoms with van der Waals surface area (Å²) in [6, 6.07) is 20.0. The Labute approximate surface area is 218 Å². The second-order valence-electron chi connectivity index (χ2n) is 11.0. The minimum Gasteiger partial charge on any atom is -0.347 e. The molecule has 5 atom stereocenters. The molecule has 0 aliphatic carbocycles. The van der Waals surface area contributed by atoms with Gasteiger partial charge in [-0.1, -0.05) is 42.5 Å². The molecule has 7 nitrogen and oxygen atoms in total. The van der Waals surface area contributed by atoms with Crippen molar-refractivity contribution in [2.75, 3.05) is 13.1 Å². The highest BCUT2D eigenvalue weighted by Crippen LogP contribution is 2.42. The van der Waals surface area contributed by atoms with Crippen molar-refractivity contribution in [3.8, 4) is 0 Å². The van der Waals surface area contributed by atoms with Gasteiger partial charge in [0.05, 0.1) is 17.1 Å². The molecule has 3 aromatic rings. The number of para-hydroxylation sites is 2. The molecule has 1 aromatic heterocycles. The monoisotopic (exact) mass is 499 g/mol. The van der Waals surface area contributed by atoms with E-state index in [1.165, 1.54) is 18.4 Å². The topological polar surface area (TPSA) is 70.5 Å². The van der Waals surface area contributed by atoms with E-state index in [1.807, 2.05) is 18.2 Å². The molecule has 0 spiro atoms. The van der Waals surface area contributed by atoms with Gasteiger partial charge in [0.1, 0.15) is 11.9 Å². The molecule has 6 rings (SSSR count). The number of likely N-dealkylation sites (tertiary alicyclic amines) is 1. The minimum absolute atomic E-state index is 0.0250. The molecule has 3 aliphatic rings. The molecular formula is C30H37N5O2. The summed E-state index contributed by atoms with van der Waals surface area (Å²) < 4.78 is 2.48. The van der Waals surface area contributed by atoms with Crippen molar-refractivity contribution in [2.24, 2.45) is 0 Å². The second-order valence-corrected chi connectivity index (χ2v) is 11.0. The highest BCUT2D eigenvalue weighted by atomic mass is 16.2. The summed E-state index contributed by atoms with van der Waals surface area (Å²) >= 11 is 0. The number of fused-ring (bicyclic) bond motifs is 3. The largest absolute Gasteiger partial charge is 0.347 e. The Morgan fingerprint density at radius 1 is 0.973 bits per heavy atom. The van der Waals surface area contributed by atoms with Gasteiger partial charge in [0.25, 0.3) is 0 Å². The first-order chi connectivity index (χ1) is 18.0. The normalized spacial score (nSPS) is 26.2. The first-order valence-electron chi connectivity index (χ1n) is 13.8. The third-order valence-corrected chi connectivity index (χ3v) is 8.92. The quantitative estimate of drug-likeness (QED) is 0.524.